The third kappa shape index (κ3) is 2.81. The van der Waals surface area contributed by atoms with Crippen LogP contribution in [0.4, 0.5) is 5.69 Å². The molecule has 0 saturated carbocycles. The summed E-state index contributed by atoms with van der Waals surface area (Å²) < 4.78 is 0. The van der Waals surface area contributed by atoms with Crippen molar-refractivity contribution in [1.82, 2.24) is 5.01 Å². The number of anilines is 1. The van der Waals surface area contributed by atoms with Gasteiger partial charge in [-0.2, -0.15) is 0 Å². The number of hydrogen-bond acceptors (Lipinski definition) is 4. The molecule has 0 N–H and O–H groups in total. The van der Waals surface area contributed by atoms with Gasteiger partial charge in [0, 0.05) is 11.5 Å². The molecule has 0 aromatic heterocycles. The van der Waals surface area contributed by atoms with Crippen molar-refractivity contribution in [3.8, 4) is 0 Å². The lowest BCUT2D eigenvalue weighted by Crippen LogP contribution is -2.51. The van der Waals surface area contributed by atoms with Crippen molar-refractivity contribution in [3.05, 3.63) is 112 Å². The van der Waals surface area contributed by atoms with Crippen LogP contribution in [-0.2, 0) is 11.1 Å². The second-order valence-corrected chi connectivity index (χ2v) is 8.08. The van der Waals surface area contributed by atoms with Crippen molar-refractivity contribution in [2.24, 2.45) is 0 Å². The molecule has 0 bridgehead atoms. The van der Waals surface area contributed by atoms with E-state index in [1.54, 1.807) is 0 Å². The fourth-order valence-electron chi connectivity index (χ4n) is 5.26. The molecule has 0 aliphatic carbocycles. The SMILES string of the molecule is CCN1N(c2ccccc2)C(C)(c2ccccc2)C([N+](=O)[O-])C1(C)c1ccccc1. The van der Waals surface area contributed by atoms with Crippen LogP contribution in [0.25, 0.3) is 0 Å². The molecule has 3 atom stereocenters. The third-order valence-corrected chi connectivity index (χ3v) is 6.51. The summed E-state index contributed by atoms with van der Waals surface area (Å²) in [5.74, 6) is 0. The Bertz CT molecular complexity index is 1010. The van der Waals surface area contributed by atoms with Crippen molar-refractivity contribution < 1.29 is 4.92 Å². The topological polar surface area (TPSA) is 49.6 Å². The molecule has 4 rings (SSSR count). The van der Waals surface area contributed by atoms with Crippen LogP contribution in [-0.4, -0.2) is 22.5 Å². The van der Waals surface area contributed by atoms with E-state index >= 15 is 0 Å². The second kappa shape index (κ2) is 7.58. The van der Waals surface area contributed by atoms with Gasteiger partial charge < -0.3 is 0 Å². The van der Waals surface area contributed by atoms with Gasteiger partial charge in [0.1, 0.15) is 11.1 Å². The van der Waals surface area contributed by atoms with Gasteiger partial charge in [0.15, 0.2) is 0 Å². The maximum absolute atomic E-state index is 12.8. The van der Waals surface area contributed by atoms with Gasteiger partial charge in [-0.3, -0.25) is 15.1 Å². The smallest absolute Gasteiger partial charge is 0.264 e. The summed E-state index contributed by atoms with van der Waals surface area (Å²) in [5, 5.41) is 17.1. The molecular formula is C25H27N3O2. The largest absolute Gasteiger partial charge is 0.287 e. The van der Waals surface area contributed by atoms with E-state index in [0.29, 0.717) is 6.54 Å². The first-order valence-corrected chi connectivity index (χ1v) is 10.3. The quantitative estimate of drug-likeness (QED) is 0.434. The Balaban J connectivity index is 2.06. The van der Waals surface area contributed by atoms with Crippen LogP contribution < -0.4 is 5.01 Å². The van der Waals surface area contributed by atoms with Crippen LogP contribution in [0.5, 0.6) is 0 Å². The maximum Gasteiger partial charge on any atom is 0.264 e. The molecule has 3 aromatic rings. The van der Waals surface area contributed by atoms with Crippen molar-refractivity contribution in [1.29, 1.82) is 0 Å². The van der Waals surface area contributed by atoms with Crippen molar-refractivity contribution >= 4 is 5.69 Å². The molecular weight excluding hydrogens is 374 g/mol. The van der Waals surface area contributed by atoms with Crippen LogP contribution in [0.2, 0.25) is 0 Å². The number of hydrazine groups is 1. The zero-order valence-electron chi connectivity index (χ0n) is 17.6. The molecule has 1 fully saturated rings. The molecule has 30 heavy (non-hydrogen) atoms. The average molecular weight is 402 g/mol. The van der Waals surface area contributed by atoms with E-state index in [0.717, 1.165) is 16.8 Å². The molecule has 1 aliphatic heterocycles. The van der Waals surface area contributed by atoms with E-state index in [9.17, 15) is 10.1 Å². The van der Waals surface area contributed by atoms with Gasteiger partial charge in [-0.15, -0.1) is 0 Å². The summed E-state index contributed by atoms with van der Waals surface area (Å²) in [6.07, 6.45) is 0. The van der Waals surface area contributed by atoms with Crippen molar-refractivity contribution in [2.45, 2.75) is 37.9 Å². The van der Waals surface area contributed by atoms with Crippen molar-refractivity contribution in [3.63, 3.8) is 0 Å². The van der Waals surface area contributed by atoms with E-state index in [4.69, 9.17) is 0 Å². The van der Waals surface area contributed by atoms with Gasteiger partial charge in [-0.25, -0.2) is 5.01 Å². The summed E-state index contributed by atoms with van der Waals surface area (Å²) in [5.41, 5.74) is 1.09. The minimum atomic E-state index is -0.894. The number of para-hydroxylation sites is 1. The predicted octanol–water partition coefficient (Wildman–Crippen LogP) is 5.22. The first-order chi connectivity index (χ1) is 14.5. The molecule has 3 unspecified atom stereocenters. The maximum atomic E-state index is 12.8. The minimum absolute atomic E-state index is 0.0917. The van der Waals surface area contributed by atoms with Crippen LogP contribution >= 0.6 is 0 Å². The third-order valence-electron chi connectivity index (χ3n) is 6.51. The monoisotopic (exact) mass is 401 g/mol. The minimum Gasteiger partial charge on any atom is -0.287 e. The van der Waals surface area contributed by atoms with Gasteiger partial charge in [0.25, 0.3) is 6.04 Å². The summed E-state index contributed by atoms with van der Waals surface area (Å²) in [6, 6.07) is 28.8. The first-order valence-electron chi connectivity index (χ1n) is 10.3. The van der Waals surface area contributed by atoms with Crippen LogP contribution in [0.15, 0.2) is 91.0 Å². The lowest BCUT2D eigenvalue weighted by molar-refractivity contribution is -0.544. The van der Waals surface area contributed by atoms with E-state index in [1.807, 2.05) is 105 Å². The molecule has 154 valence electrons. The number of nitro groups is 1. The van der Waals surface area contributed by atoms with Crippen LogP contribution in [0.1, 0.15) is 31.9 Å². The Morgan fingerprint density at radius 3 is 1.67 bits per heavy atom. The summed E-state index contributed by atoms with van der Waals surface area (Å²) in [4.78, 5) is 12.7. The average Bonchev–Trinajstić information content (AvgIpc) is 3.00. The number of benzene rings is 3. The van der Waals surface area contributed by atoms with Crippen LogP contribution in [0, 0.1) is 10.1 Å². The summed E-state index contributed by atoms with van der Waals surface area (Å²) in [6.45, 7) is 6.70. The van der Waals surface area contributed by atoms with E-state index in [1.165, 1.54) is 0 Å². The van der Waals surface area contributed by atoms with Gasteiger partial charge >= 0.3 is 0 Å². The molecule has 0 radical (unpaired) electrons. The lowest BCUT2D eigenvalue weighted by Gasteiger charge is -2.41. The predicted molar refractivity (Wildman–Crippen MR) is 120 cm³/mol. The Labute approximate surface area is 177 Å². The normalized spacial score (nSPS) is 26.6. The van der Waals surface area contributed by atoms with Gasteiger partial charge in [-0.1, -0.05) is 85.8 Å². The highest BCUT2D eigenvalue weighted by Gasteiger charge is 2.69. The lowest BCUT2D eigenvalue weighted by atomic mass is 9.74. The molecule has 0 amide bonds. The number of hydrogen-bond donors (Lipinski definition) is 0. The van der Waals surface area contributed by atoms with Gasteiger partial charge in [0.05, 0.1) is 5.69 Å². The van der Waals surface area contributed by atoms with Gasteiger partial charge in [-0.05, 0) is 37.1 Å². The van der Waals surface area contributed by atoms with E-state index < -0.39 is 17.1 Å². The Hall–Kier alpha value is -3.18. The fourth-order valence-corrected chi connectivity index (χ4v) is 5.26. The Kier molecular flexibility index (Phi) is 5.08. The fraction of sp³-hybridized carbons (Fsp3) is 0.280. The van der Waals surface area contributed by atoms with E-state index in [2.05, 4.69) is 16.9 Å². The molecule has 0 spiro atoms. The summed E-state index contributed by atoms with van der Waals surface area (Å²) >= 11 is 0. The summed E-state index contributed by atoms with van der Waals surface area (Å²) in [7, 11) is 0. The van der Waals surface area contributed by atoms with Gasteiger partial charge in [0.2, 0.25) is 0 Å². The molecule has 1 heterocycles. The zero-order chi connectivity index (χ0) is 21.4. The molecule has 5 nitrogen and oxygen atoms in total. The standard InChI is InChI=1S/C25H27N3O2/c1-4-26-24(2,20-14-8-5-9-15-20)23(28(29)30)25(3,21-16-10-6-11-17-21)27(26)22-18-12-7-13-19-22/h5-19,23H,4H2,1-3H3. The molecule has 1 aliphatic rings. The Morgan fingerprint density at radius 2 is 1.23 bits per heavy atom. The molecule has 1 saturated heterocycles. The zero-order valence-corrected chi connectivity index (χ0v) is 17.6. The van der Waals surface area contributed by atoms with E-state index in [-0.39, 0.29) is 4.92 Å². The number of rotatable bonds is 5. The Morgan fingerprint density at radius 1 is 0.800 bits per heavy atom. The number of likely N-dealkylation sites (N-methyl/N-ethyl adjacent to an activating group) is 1. The van der Waals surface area contributed by atoms with Crippen LogP contribution in [0.3, 0.4) is 0 Å². The molecule has 5 heteroatoms. The highest BCUT2D eigenvalue weighted by Crippen LogP contribution is 2.54. The first kappa shape index (κ1) is 20.1. The highest BCUT2D eigenvalue weighted by molar-refractivity contribution is 5.55. The van der Waals surface area contributed by atoms with Crippen molar-refractivity contribution in [2.75, 3.05) is 11.6 Å². The highest BCUT2D eigenvalue weighted by atomic mass is 16.6. The molecule has 3 aromatic carbocycles. The number of nitrogens with zero attached hydrogens (tertiary/aromatic N) is 3. The second-order valence-electron chi connectivity index (χ2n) is 8.08.